The third kappa shape index (κ3) is 5.55. The molecule has 1 rings (SSSR count). The van der Waals surface area contributed by atoms with Crippen LogP contribution in [0.2, 0.25) is 0 Å². The van der Waals surface area contributed by atoms with E-state index in [1.165, 1.54) is 0 Å². The van der Waals surface area contributed by atoms with Gasteiger partial charge in [-0.3, -0.25) is 4.79 Å². The van der Waals surface area contributed by atoms with Crippen molar-refractivity contribution < 1.29 is 9.53 Å². The summed E-state index contributed by atoms with van der Waals surface area (Å²) in [5, 5.41) is 0. The third-order valence-electron chi connectivity index (χ3n) is 4.29. The number of amides is 1. The minimum atomic E-state index is -0.169. The quantitative estimate of drug-likeness (QED) is 0.665. The average Bonchev–Trinajstić information content (AvgIpc) is 2.86. The SMILES string of the molecule is COCCN(CCC(N)=S)C(=O)C1(CC(C)C)CCCC1. The molecule has 122 valence electrons. The smallest absolute Gasteiger partial charge is 0.228 e. The van der Waals surface area contributed by atoms with Gasteiger partial charge in [0.25, 0.3) is 0 Å². The molecule has 21 heavy (non-hydrogen) atoms. The highest BCUT2D eigenvalue weighted by Gasteiger charge is 2.43. The molecule has 1 fully saturated rings. The van der Waals surface area contributed by atoms with Crippen molar-refractivity contribution in [2.24, 2.45) is 17.1 Å². The molecule has 1 saturated carbocycles. The van der Waals surface area contributed by atoms with Gasteiger partial charge in [0.05, 0.1) is 11.6 Å². The van der Waals surface area contributed by atoms with E-state index >= 15 is 0 Å². The molecular formula is C16H30N2O2S. The Morgan fingerprint density at radius 2 is 1.95 bits per heavy atom. The van der Waals surface area contributed by atoms with E-state index in [-0.39, 0.29) is 11.3 Å². The molecule has 0 aromatic rings. The second kappa shape index (κ2) is 8.69. The van der Waals surface area contributed by atoms with Crippen molar-refractivity contribution in [3.05, 3.63) is 0 Å². The van der Waals surface area contributed by atoms with E-state index < -0.39 is 0 Å². The number of methoxy groups -OCH3 is 1. The zero-order valence-corrected chi connectivity index (χ0v) is 14.5. The maximum atomic E-state index is 13.1. The molecule has 5 heteroatoms. The highest BCUT2D eigenvalue weighted by Crippen LogP contribution is 2.44. The number of hydrogen-bond donors (Lipinski definition) is 1. The molecule has 1 aliphatic rings. The standard InChI is InChI=1S/C16H30N2O2S/c1-13(2)12-16(7-4-5-8-16)15(19)18(10-11-20-3)9-6-14(17)21/h13H,4-12H2,1-3H3,(H2,17,21). The van der Waals surface area contributed by atoms with Crippen molar-refractivity contribution in [1.82, 2.24) is 4.90 Å². The number of nitrogens with zero attached hydrogens (tertiary/aromatic N) is 1. The fraction of sp³-hybridized carbons (Fsp3) is 0.875. The topological polar surface area (TPSA) is 55.6 Å². The van der Waals surface area contributed by atoms with E-state index in [4.69, 9.17) is 22.7 Å². The molecule has 0 aromatic carbocycles. The molecule has 0 aliphatic heterocycles. The third-order valence-corrected chi connectivity index (χ3v) is 4.50. The molecule has 0 unspecified atom stereocenters. The molecule has 2 N–H and O–H groups in total. The van der Waals surface area contributed by atoms with E-state index in [0.29, 0.717) is 37.0 Å². The molecule has 0 radical (unpaired) electrons. The number of nitrogens with two attached hydrogens (primary N) is 1. The van der Waals surface area contributed by atoms with Gasteiger partial charge in [0.15, 0.2) is 0 Å². The van der Waals surface area contributed by atoms with Gasteiger partial charge in [0.2, 0.25) is 5.91 Å². The number of ether oxygens (including phenoxy) is 1. The minimum Gasteiger partial charge on any atom is -0.393 e. The van der Waals surface area contributed by atoms with E-state index in [0.717, 1.165) is 32.1 Å². The van der Waals surface area contributed by atoms with Gasteiger partial charge in [-0.05, 0) is 25.2 Å². The van der Waals surface area contributed by atoms with Gasteiger partial charge in [-0.25, -0.2) is 0 Å². The lowest BCUT2D eigenvalue weighted by Crippen LogP contribution is -2.45. The van der Waals surface area contributed by atoms with E-state index in [9.17, 15) is 4.79 Å². The maximum Gasteiger partial charge on any atom is 0.228 e. The Morgan fingerprint density at radius 3 is 2.43 bits per heavy atom. The van der Waals surface area contributed by atoms with Gasteiger partial charge in [-0.15, -0.1) is 0 Å². The van der Waals surface area contributed by atoms with Gasteiger partial charge in [-0.1, -0.05) is 38.9 Å². The molecule has 0 aromatic heterocycles. The van der Waals surface area contributed by atoms with Crippen molar-refractivity contribution in [2.75, 3.05) is 26.8 Å². The second-order valence-electron chi connectivity index (χ2n) is 6.59. The van der Waals surface area contributed by atoms with Crippen molar-refractivity contribution in [1.29, 1.82) is 0 Å². The fourth-order valence-corrected chi connectivity index (χ4v) is 3.53. The van der Waals surface area contributed by atoms with Crippen LogP contribution in [-0.2, 0) is 9.53 Å². The molecule has 0 heterocycles. The van der Waals surface area contributed by atoms with Gasteiger partial charge in [-0.2, -0.15) is 0 Å². The Morgan fingerprint density at radius 1 is 1.33 bits per heavy atom. The summed E-state index contributed by atoms with van der Waals surface area (Å²) in [7, 11) is 1.66. The zero-order chi connectivity index (χ0) is 15.9. The highest BCUT2D eigenvalue weighted by atomic mass is 32.1. The van der Waals surface area contributed by atoms with E-state index in [2.05, 4.69) is 13.8 Å². The molecular weight excluding hydrogens is 284 g/mol. The normalized spacial score (nSPS) is 17.1. The average molecular weight is 314 g/mol. The van der Waals surface area contributed by atoms with Gasteiger partial charge in [0, 0.05) is 32.0 Å². The first-order chi connectivity index (χ1) is 9.91. The molecule has 4 nitrogen and oxygen atoms in total. The second-order valence-corrected chi connectivity index (χ2v) is 7.11. The first kappa shape index (κ1) is 18.4. The number of thiocarbonyl (C=S) groups is 1. The Kier molecular flexibility index (Phi) is 7.60. The van der Waals surface area contributed by atoms with Crippen LogP contribution in [-0.4, -0.2) is 42.6 Å². The Bertz CT molecular complexity index is 352. The molecule has 0 spiro atoms. The van der Waals surface area contributed by atoms with Crippen LogP contribution in [0.25, 0.3) is 0 Å². The Hall–Kier alpha value is -0.680. The van der Waals surface area contributed by atoms with Crippen LogP contribution < -0.4 is 5.73 Å². The van der Waals surface area contributed by atoms with Crippen LogP contribution in [0.15, 0.2) is 0 Å². The summed E-state index contributed by atoms with van der Waals surface area (Å²) < 4.78 is 5.15. The first-order valence-corrected chi connectivity index (χ1v) is 8.39. The summed E-state index contributed by atoms with van der Waals surface area (Å²) in [6.45, 7) is 6.18. The van der Waals surface area contributed by atoms with Crippen molar-refractivity contribution in [2.45, 2.75) is 52.4 Å². The fourth-order valence-electron chi connectivity index (χ4n) is 3.44. The summed E-state index contributed by atoms with van der Waals surface area (Å²) in [5.41, 5.74) is 5.43. The first-order valence-electron chi connectivity index (χ1n) is 7.98. The predicted octanol–water partition coefficient (Wildman–Crippen LogP) is 2.74. The molecule has 0 atom stereocenters. The number of hydrogen-bond acceptors (Lipinski definition) is 3. The number of carbonyl (C=O) groups is 1. The van der Waals surface area contributed by atoms with Crippen molar-refractivity contribution >= 4 is 23.1 Å². The van der Waals surface area contributed by atoms with E-state index in [1.54, 1.807) is 7.11 Å². The largest absolute Gasteiger partial charge is 0.393 e. The lowest BCUT2D eigenvalue weighted by molar-refractivity contribution is -0.143. The van der Waals surface area contributed by atoms with Crippen LogP contribution in [0.1, 0.15) is 52.4 Å². The van der Waals surface area contributed by atoms with Gasteiger partial charge < -0.3 is 15.4 Å². The van der Waals surface area contributed by atoms with Crippen molar-refractivity contribution in [3.8, 4) is 0 Å². The van der Waals surface area contributed by atoms with Crippen LogP contribution >= 0.6 is 12.2 Å². The minimum absolute atomic E-state index is 0.169. The monoisotopic (exact) mass is 314 g/mol. The van der Waals surface area contributed by atoms with Crippen LogP contribution in [0.5, 0.6) is 0 Å². The summed E-state index contributed by atoms with van der Waals surface area (Å²) in [6.07, 6.45) is 5.91. The number of carbonyl (C=O) groups excluding carboxylic acids is 1. The zero-order valence-electron chi connectivity index (χ0n) is 13.7. The maximum absolute atomic E-state index is 13.1. The molecule has 1 aliphatic carbocycles. The summed E-state index contributed by atoms with van der Waals surface area (Å²) in [6, 6.07) is 0. The summed E-state index contributed by atoms with van der Waals surface area (Å²) in [4.78, 5) is 15.5. The summed E-state index contributed by atoms with van der Waals surface area (Å²) in [5.74, 6) is 0.814. The highest BCUT2D eigenvalue weighted by molar-refractivity contribution is 7.80. The van der Waals surface area contributed by atoms with Crippen molar-refractivity contribution in [3.63, 3.8) is 0 Å². The van der Waals surface area contributed by atoms with Gasteiger partial charge in [0.1, 0.15) is 0 Å². The Balaban J connectivity index is 2.81. The van der Waals surface area contributed by atoms with E-state index in [1.807, 2.05) is 4.90 Å². The number of rotatable bonds is 9. The Labute approximate surface area is 134 Å². The molecule has 0 bridgehead atoms. The van der Waals surface area contributed by atoms with Gasteiger partial charge >= 0.3 is 0 Å². The molecule has 0 saturated heterocycles. The summed E-state index contributed by atoms with van der Waals surface area (Å²) >= 11 is 4.95. The van der Waals surface area contributed by atoms with Crippen LogP contribution in [0.4, 0.5) is 0 Å². The molecule has 1 amide bonds. The lowest BCUT2D eigenvalue weighted by atomic mass is 9.77. The lowest BCUT2D eigenvalue weighted by Gasteiger charge is -2.35. The van der Waals surface area contributed by atoms with Crippen LogP contribution in [0.3, 0.4) is 0 Å². The predicted molar refractivity (Wildman–Crippen MR) is 90.2 cm³/mol. The van der Waals surface area contributed by atoms with Crippen LogP contribution in [0, 0.1) is 11.3 Å².